The molecule has 0 amide bonds. The molecule has 0 aliphatic heterocycles. The quantitative estimate of drug-likeness (QED) is 0.654. The molecule has 0 saturated carbocycles. The second-order valence-electron chi connectivity index (χ2n) is 3.69. The van der Waals surface area contributed by atoms with Gasteiger partial charge in [-0.15, -0.1) is 0 Å². The summed E-state index contributed by atoms with van der Waals surface area (Å²) in [6, 6.07) is 7.72. The molecule has 1 N–H and O–H groups in total. The molecular weight excluding hydrogens is 242 g/mol. The molecule has 0 aliphatic rings. The van der Waals surface area contributed by atoms with Gasteiger partial charge in [-0.3, -0.25) is 0 Å². The molecule has 0 fully saturated rings. The van der Waals surface area contributed by atoms with Crippen LogP contribution < -0.4 is 10.1 Å². The van der Waals surface area contributed by atoms with Crippen molar-refractivity contribution in [1.29, 1.82) is 0 Å². The van der Waals surface area contributed by atoms with Gasteiger partial charge in [0, 0.05) is 5.70 Å². The van der Waals surface area contributed by atoms with Crippen molar-refractivity contribution in [3.63, 3.8) is 0 Å². The summed E-state index contributed by atoms with van der Waals surface area (Å²) < 4.78 is 5.50. The summed E-state index contributed by atoms with van der Waals surface area (Å²) in [5, 5.41) is 3.30. The number of benzene rings is 1. The van der Waals surface area contributed by atoms with Gasteiger partial charge in [-0.1, -0.05) is 36.4 Å². The Labute approximate surface area is 114 Å². The summed E-state index contributed by atoms with van der Waals surface area (Å²) in [4.78, 5) is 0. The van der Waals surface area contributed by atoms with Crippen LogP contribution in [0, 0.1) is 6.92 Å². The molecule has 18 heavy (non-hydrogen) atoms. The first-order valence-corrected chi connectivity index (χ1v) is 6.07. The predicted octanol–water partition coefficient (Wildman–Crippen LogP) is 3.89. The number of allylic oxidation sites excluding steroid dienone is 4. The van der Waals surface area contributed by atoms with Crippen LogP contribution in [0.3, 0.4) is 0 Å². The summed E-state index contributed by atoms with van der Waals surface area (Å²) in [6.07, 6.45) is 7.32. The highest BCUT2D eigenvalue weighted by atomic mass is 32.1. The second-order valence-corrected chi connectivity index (χ2v) is 4.06. The number of ether oxygens (including phenoxy) is 1. The molecule has 94 valence electrons. The third kappa shape index (κ3) is 4.97. The van der Waals surface area contributed by atoms with E-state index in [0.29, 0.717) is 5.17 Å². The molecule has 0 atom stereocenters. The molecule has 0 saturated heterocycles. The molecule has 2 nitrogen and oxygen atoms in total. The van der Waals surface area contributed by atoms with Crippen LogP contribution in [-0.2, 0) is 0 Å². The van der Waals surface area contributed by atoms with Gasteiger partial charge in [0.1, 0.15) is 5.75 Å². The van der Waals surface area contributed by atoms with Crippen LogP contribution in [0.1, 0.15) is 12.5 Å². The van der Waals surface area contributed by atoms with Gasteiger partial charge < -0.3 is 10.1 Å². The van der Waals surface area contributed by atoms with Crippen molar-refractivity contribution < 1.29 is 4.74 Å². The molecule has 0 spiro atoms. The van der Waals surface area contributed by atoms with Crippen molar-refractivity contribution in [2.24, 2.45) is 0 Å². The Balaban J connectivity index is 2.63. The molecule has 0 aliphatic carbocycles. The third-order valence-corrected chi connectivity index (χ3v) is 2.31. The van der Waals surface area contributed by atoms with E-state index in [1.54, 1.807) is 6.08 Å². The monoisotopic (exact) mass is 259 g/mol. The van der Waals surface area contributed by atoms with Gasteiger partial charge in [0.05, 0.1) is 0 Å². The molecule has 0 unspecified atom stereocenters. The summed E-state index contributed by atoms with van der Waals surface area (Å²) in [6.45, 7) is 7.61. The van der Waals surface area contributed by atoms with E-state index in [1.165, 1.54) is 5.56 Å². The minimum atomic E-state index is 0.310. The number of hydrogen-bond acceptors (Lipinski definition) is 2. The van der Waals surface area contributed by atoms with Crippen molar-refractivity contribution in [2.45, 2.75) is 13.8 Å². The Kier molecular flexibility index (Phi) is 5.88. The van der Waals surface area contributed by atoms with Gasteiger partial charge in [-0.2, -0.15) is 0 Å². The van der Waals surface area contributed by atoms with E-state index in [1.807, 2.05) is 56.3 Å². The number of hydrogen-bond donors (Lipinski definition) is 1. The Morgan fingerprint density at radius 2 is 2.00 bits per heavy atom. The van der Waals surface area contributed by atoms with Crippen molar-refractivity contribution in [1.82, 2.24) is 5.32 Å². The lowest BCUT2D eigenvalue weighted by Gasteiger charge is -2.10. The zero-order chi connectivity index (χ0) is 13.4. The van der Waals surface area contributed by atoms with Crippen LogP contribution in [0.4, 0.5) is 0 Å². The lowest BCUT2D eigenvalue weighted by molar-refractivity contribution is 0.543. The molecule has 1 aromatic carbocycles. The van der Waals surface area contributed by atoms with Crippen LogP contribution in [0.2, 0.25) is 0 Å². The minimum absolute atomic E-state index is 0.310. The summed E-state index contributed by atoms with van der Waals surface area (Å²) in [7, 11) is 0. The molecule has 0 heterocycles. The summed E-state index contributed by atoms with van der Waals surface area (Å²) >= 11 is 5.13. The number of nitrogens with one attached hydrogen (secondary N) is 1. The first-order chi connectivity index (χ1) is 8.65. The van der Waals surface area contributed by atoms with Gasteiger partial charge in [-0.25, -0.2) is 0 Å². The van der Waals surface area contributed by atoms with Gasteiger partial charge in [-0.05, 0) is 50.4 Å². The van der Waals surface area contributed by atoms with E-state index in [2.05, 4.69) is 11.9 Å². The Morgan fingerprint density at radius 1 is 1.33 bits per heavy atom. The average molecular weight is 259 g/mol. The van der Waals surface area contributed by atoms with E-state index < -0.39 is 0 Å². The van der Waals surface area contributed by atoms with Crippen molar-refractivity contribution in [2.75, 3.05) is 0 Å². The Bertz CT molecular complexity index is 472. The van der Waals surface area contributed by atoms with Crippen molar-refractivity contribution >= 4 is 17.4 Å². The molecule has 0 aromatic heterocycles. The fourth-order valence-corrected chi connectivity index (χ4v) is 1.52. The number of aryl methyl sites for hydroxylation is 1. The first-order valence-electron chi connectivity index (χ1n) is 5.66. The molecule has 1 rings (SSSR count). The lowest BCUT2D eigenvalue weighted by Crippen LogP contribution is -2.25. The van der Waals surface area contributed by atoms with E-state index in [0.717, 1.165) is 11.4 Å². The van der Waals surface area contributed by atoms with E-state index >= 15 is 0 Å². The molecule has 3 heteroatoms. The number of rotatable bonds is 4. The van der Waals surface area contributed by atoms with Crippen molar-refractivity contribution in [3.05, 3.63) is 66.4 Å². The molecule has 0 radical (unpaired) electrons. The zero-order valence-corrected chi connectivity index (χ0v) is 11.5. The Morgan fingerprint density at radius 3 is 2.56 bits per heavy atom. The SMILES string of the molecule is C=C/C=C(\C=C/C)NC(=S)Oc1ccc(C)cc1. The molecule has 1 aromatic rings. The highest BCUT2D eigenvalue weighted by Gasteiger charge is 2.00. The maximum atomic E-state index is 5.50. The predicted molar refractivity (Wildman–Crippen MR) is 80.6 cm³/mol. The average Bonchev–Trinajstić information content (AvgIpc) is 2.33. The standard InChI is InChI=1S/C15H17NOS/c1-4-6-13(7-5-2)16-15(18)17-14-10-8-12(3)9-11-14/h4-11H,1H2,2-3H3,(H,16,18)/b7-5-,13-6+. The van der Waals surface area contributed by atoms with Crippen LogP contribution in [-0.4, -0.2) is 5.17 Å². The summed E-state index contributed by atoms with van der Waals surface area (Å²) in [5.41, 5.74) is 2.02. The van der Waals surface area contributed by atoms with Crippen molar-refractivity contribution in [3.8, 4) is 5.75 Å². The fourth-order valence-electron chi connectivity index (χ4n) is 1.30. The molecular formula is C15H17NOS. The number of thiocarbonyl (C=S) groups is 1. The highest BCUT2D eigenvalue weighted by Crippen LogP contribution is 2.11. The molecule has 0 bridgehead atoms. The highest BCUT2D eigenvalue weighted by molar-refractivity contribution is 7.80. The first kappa shape index (κ1) is 14.2. The van der Waals surface area contributed by atoms with E-state index in [9.17, 15) is 0 Å². The van der Waals surface area contributed by atoms with Crippen LogP contribution in [0.25, 0.3) is 0 Å². The largest absolute Gasteiger partial charge is 0.432 e. The van der Waals surface area contributed by atoms with Gasteiger partial charge >= 0.3 is 0 Å². The van der Waals surface area contributed by atoms with Crippen LogP contribution >= 0.6 is 12.2 Å². The van der Waals surface area contributed by atoms with Gasteiger partial charge in [0.2, 0.25) is 0 Å². The summed E-state index contributed by atoms with van der Waals surface area (Å²) in [5.74, 6) is 0.719. The Hall–Kier alpha value is -1.87. The van der Waals surface area contributed by atoms with E-state index in [4.69, 9.17) is 17.0 Å². The van der Waals surface area contributed by atoms with E-state index in [-0.39, 0.29) is 0 Å². The van der Waals surface area contributed by atoms with Gasteiger partial charge in [0.25, 0.3) is 5.17 Å². The van der Waals surface area contributed by atoms with Crippen LogP contribution in [0.15, 0.2) is 60.8 Å². The second kappa shape index (κ2) is 7.45. The van der Waals surface area contributed by atoms with Crippen LogP contribution in [0.5, 0.6) is 5.75 Å². The topological polar surface area (TPSA) is 21.3 Å². The maximum absolute atomic E-state index is 5.50. The fraction of sp³-hybridized carbons (Fsp3) is 0.133. The maximum Gasteiger partial charge on any atom is 0.266 e. The third-order valence-electron chi connectivity index (χ3n) is 2.12. The smallest absolute Gasteiger partial charge is 0.266 e. The van der Waals surface area contributed by atoms with Gasteiger partial charge in [0.15, 0.2) is 0 Å². The minimum Gasteiger partial charge on any atom is -0.432 e. The zero-order valence-electron chi connectivity index (χ0n) is 10.6. The lowest BCUT2D eigenvalue weighted by atomic mass is 10.2. The normalized spacial score (nSPS) is 11.3.